The first-order chi connectivity index (χ1) is 12.8. The molecule has 0 atom stereocenters. The molecule has 0 bridgehead atoms. The number of aromatic nitrogens is 1. The molecule has 1 amide bonds. The lowest BCUT2D eigenvalue weighted by Gasteiger charge is -2.36. The Morgan fingerprint density at radius 2 is 1.96 bits per heavy atom. The molecule has 1 saturated heterocycles. The number of hydrogen-bond acceptors (Lipinski definition) is 3. The molecule has 27 heavy (non-hydrogen) atoms. The molecule has 0 saturated carbocycles. The second-order valence-corrected chi connectivity index (χ2v) is 7.45. The summed E-state index contributed by atoms with van der Waals surface area (Å²) < 4.78 is 7.32. The fourth-order valence-corrected chi connectivity index (χ4v) is 3.90. The van der Waals surface area contributed by atoms with E-state index in [9.17, 15) is 14.7 Å². The highest BCUT2D eigenvalue weighted by molar-refractivity contribution is 6.30. The van der Waals surface area contributed by atoms with Crippen LogP contribution >= 0.6 is 11.6 Å². The van der Waals surface area contributed by atoms with Gasteiger partial charge in [-0.2, -0.15) is 0 Å². The van der Waals surface area contributed by atoms with Crippen molar-refractivity contribution in [1.82, 2.24) is 9.88 Å². The molecule has 1 aromatic carbocycles. The van der Waals surface area contributed by atoms with Crippen molar-refractivity contribution in [2.45, 2.75) is 38.6 Å². The minimum atomic E-state index is -0.929. The van der Waals surface area contributed by atoms with Crippen molar-refractivity contribution < 1.29 is 19.4 Å². The Labute approximate surface area is 163 Å². The normalized spacial score (nSPS) is 16.1. The summed E-state index contributed by atoms with van der Waals surface area (Å²) in [6.07, 6.45) is 0.852. The Kier molecular flexibility index (Phi) is 5.58. The number of nitrogens with zero attached hydrogens (tertiary/aromatic N) is 1. The summed E-state index contributed by atoms with van der Waals surface area (Å²) in [4.78, 5) is 24.3. The number of halogens is 1. The van der Waals surface area contributed by atoms with E-state index in [-0.39, 0.29) is 12.3 Å². The Hall–Kier alpha value is -2.31. The van der Waals surface area contributed by atoms with Gasteiger partial charge in [0.25, 0.3) is 5.91 Å². The van der Waals surface area contributed by atoms with E-state index in [1.807, 2.05) is 42.7 Å². The summed E-state index contributed by atoms with van der Waals surface area (Å²) in [5.41, 5.74) is 2.32. The van der Waals surface area contributed by atoms with E-state index in [0.29, 0.717) is 36.6 Å². The number of rotatable bonds is 5. The molecule has 3 rings (SSSR count). The number of carboxylic acid groups (broad SMARTS) is 1. The second kappa shape index (κ2) is 7.74. The summed E-state index contributed by atoms with van der Waals surface area (Å²) in [6.45, 7) is 4.67. The third-order valence-electron chi connectivity index (χ3n) is 5.06. The average molecular weight is 391 g/mol. The van der Waals surface area contributed by atoms with Crippen LogP contribution in [0.5, 0.6) is 0 Å². The predicted molar refractivity (Wildman–Crippen MR) is 103 cm³/mol. The lowest BCUT2D eigenvalue weighted by atomic mass is 9.86. The smallest absolute Gasteiger partial charge is 0.305 e. The fourth-order valence-electron chi connectivity index (χ4n) is 3.71. The number of amides is 1. The van der Waals surface area contributed by atoms with E-state index in [4.69, 9.17) is 16.3 Å². The van der Waals surface area contributed by atoms with E-state index in [0.717, 1.165) is 17.1 Å². The van der Waals surface area contributed by atoms with Crippen LogP contribution in [0.1, 0.15) is 41.0 Å². The Balaban J connectivity index is 1.91. The van der Waals surface area contributed by atoms with Gasteiger partial charge >= 0.3 is 5.97 Å². The van der Waals surface area contributed by atoms with Gasteiger partial charge in [0.15, 0.2) is 0 Å². The largest absolute Gasteiger partial charge is 0.481 e. The first kappa shape index (κ1) is 19.5. The minimum absolute atomic E-state index is 0.116. The van der Waals surface area contributed by atoms with Crippen LogP contribution in [0.15, 0.2) is 30.3 Å². The third-order valence-corrected chi connectivity index (χ3v) is 5.30. The molecular weight excluding hydrogens is 368 g/mol. The lowest BCUT2D eigenvalue weighted by Crippen LogP contribution is -2.53. The zero-order chi connectivity index (χ0) is 19.6. The first-order valence-corrected chi connectivity index (χ1v) is 9.26. The molecule has 1 aliphatic rings. The third kappa shape index (κ3) is 4.17. The summed E-state index contributed by atoms with van der Waals surface area (Å²) in [5, 5.41) is 12.9. The molecule has 2 heterocycles. The fraction of sp³-hybridized carbons (Fsp3) is 0.400. The number of nitrogens with one attached hydrogen (secondary N) is 1. The maximum absolute atomic E-state index is 13.0. The molecule has 144 valence electrons. The van der Waals surface area contributed by atoms with Crippen LogP contribution in [0.3, 0.4) is 0 Å². The first-order valence-electron chi connectivity index (χ1n) is 8.88. The second-order valence-electron chi connectivity index (χ2n) is 7.02. The molecule has 0 unspecified atom stereocenters. The van der Waals surface area contributed by atoms with Crippen LogP contribution in [-0.4, -0.2) is 40.3 Å². The SMILES string of the molecule is Cc1cc(C(=O)NC2(CC(=O)O)CCOCC2)c(C)n1-c1cccc(Cl)c1. The van der Waals surface area contributed by atoms with Gasteiger partial charge in [0.1, 0.15) is 0 Å². The maximum atomic E-state index is 13.0. The van der Waals surface area contributed by atoms with Crippen molar-refractivity contribution in [2.75, 3.05) is 13.2 Å². The molecule has 1 aromatic heterocycles. The van der Waals surface area contributed by atoms with E-state index in [1.54, 1.807) is 6.07 Å². The van der Waals surface area contributed by atoms with Crippen molar-refractivity contribution in [2.24, 2.45) is 0 Å². The van der Waals surface area contributed by atoms with Crippen molar-refractivity contribution in [3.63, 3.8) is 0 Å². The molecule has 1 aliphatic heterocycles. The number of carbonyl (C=O) groups is 2. The highest BCUT2D eigenvalue weighted by atomic mass is 35.5. The Morgan fingerprint density at radius 3 is 2.59 bits per heavy atom. The van der Waals surface area contributed by atoms with Crippen LogP contribution in [0, 0.1) is 13.8 Å². The lowest BCUT2D eigenvalue weighted by molar-refractivity contribution is -0.139. The highest BCUT2D eigenvalue weighted by Crippen LogP contribution is 2.27. The zero-order valence-corrected chi connectivity index (χ0v) is 16.2. The molecule has 1 fully saturated rings. The molecule has 2 aromatic rings. The zero-order valence-electron chi connectivity index (χ0n) is 15.4. The number of carboxylic acids is 1. The number of aryl methyl sites for hydroxylation is 1. The van der Waals surface area contributed by atoms with Crippen LogP contribution in [0.25, 0.3) is 5.69 Å². The number of aliphatic carboxylic acids is 1. The van der Waals surface area contributed by atoms with Crippen molar-refractivity contribution in [1.29, 1.82) is 0 Å². The maximum Gasteiger partial charge on any atom is 0.305 e. The van der Waals surface area contributed by atoms with Crippen LogP contribution in [0.2, 0.25) is 5.02 Å². The molecule has 7 heteroatoms. The number of benzene rings is 1. The van der Waals surface area contributed by atoms with Gasteiger partial charge in [-0.25, -0.2) is 0 Å². The summed E-state index contributed by atoms with van der Waals surface area (Å²) in [7, 11) is 0. The minimum Gasteiger partial charge on any atom is -0.481 e. The molecule has 0 aliphatic carbocycles. The monoisotopic (exact) mass is 390 g/mol. The molecular formula is C20H23ClN2O4. The molecule has 0 spiro atoms. The summed E-state index contributed by atoms with van der Waals surface area (Å²) in [5.74, 6) is -1.19. The number of hydrogen-bond donors (Lipinski definition) is 2. The standard InChI is InChI=1S/C20H23ClN2O4/c1-13-10-17(14(2)23(13)16-5-3-4-15(21)11-16)19(26)22-20(12-18(24)25)6-8-27-9-7-20/h3-5,10-11H,6-9,12H2,1-2H3,(H,22,26)(H,24,25). The number of ether oxygens (including phenoxy) is 1. The topological polar surface area (TPSA) is 80.6 Å². The van der Waals surface area contributed by atoms with Gasteiger partial charge in [-0.1, -0.05) is 17.7 Å². The van der Waals surface area contributed by atoms with Gasteiger partial charge in [-0.3, -0.25) is 9.59 Å². The highest BCUT2D eigenvalue weighted by Gasteiger charge is 2.37. The van der Waals surface area contributed by atoms with E-state index < -0.39 is 11.5 Å². The van der Waals surface area contributed by atoms with Crippen molar-refractivity contribution in [3.05, 3.63) is 52.3 Å². The molecule has 6 nitrogen and oxygen atoms in total. The van der Waals surface area contributed by atoms with E-state index >= 15 is 0 Å². The van der Waals surface area contributed by atoms with Gasteiger partial charge in [-0.15, -0.1) is 0 Å². The van der Waals surface area contributed by atoms with Gasteiger partial charge < -0.3 is 19.7 Å². The van der Waals surface area contributed by atoms with Crippen molar-refractivity contribution >= 4 is 23.5 Å². The van der Waals surface area contributed by atoms with Gasteiger partial charge in [-0.05, 0) is 51.0 Å². The van der Waals surface area contributed by atoms with Crippen molar-refractivity contribution in [3.8, 4) is 5.69 Å². The van der Waals surface area contributed by atoms with Crippen LogP contribution in [0.4, 0.5) is 0 Å². The quantitative estimate of drug-likeness (QED) is 0.818. The van der Waals surface area contributed by atoms with E-state index in [1.165, 1.54) is 0 Å². The van der Waals surface area contributed by atoms with Crippen LogP contribution in [-0.2, 0) is 9.53 Å². The average Bonchev–Trinajstić information content (AvgIpc) is 2.89. The Bertz CT molecular complexity index is 869. The summed E-state index contributed by atoms with van der Waals surface area (Å²) >= 11 is 6.10. The number of carbonyl (C=O) groups excluding carboxylic acids is 1. The summed E-state index contributed by atoms with van der Waals surface area (Å²) in [6, 6.07) is 9.25. The van der Waals surface area contributed by atoms with E-state index in [2.05, 4.69) is 5.32 Å². The van der Waals surface area contributed by atoms with Crippen LogP contribution < -0.4 is 5.32 Å². The molecule has 0 radical (unpaired) electrons. The molecule has 2 N–H and O–H groups in total. The predicted octanol–water partition coefficient (Wildman–Crippen LogP) is 3.50. The Morgan fingerprint density at radius 1 is 1.26 bits per heavy atom. The van der Waals surface area contributed by atoms with Gasteiger partial charge in [0.2, 0.25) is 0 Å². The van der Waals surface area contributed by atoms with Gasteiger partial charge in [0, 0.05) is 35.3 Å². The van der Waals surface area contributed by atoms with Gasteiger partial charge in [0.05, 0.1) is 17.5 Å².